The summed E-state index contributed by atoms with van der Waals surface area (Å²) in [4.78, 5) is 8.08. The summed E-state index contributed by atoms with van der Waals surface area (Å²) in [6.45, 7) is 0. The van der Waals surface area contributed by atoms with Crippen molar-refractivity contribution >= 4 is 82.7 Å². The molecule has 296 valence electrons. The van der Waals surface area contributed by atoms with Gasteiger partial charge in [0.05, 0.1) is 33.8 Å². The molecular formula is C58H38N4S. The van der Waals surface area contributed by atoms with Crippen LogP contribution in [-0.2, 0) is 0 Å². The first kappa shape index (κ1) is 35.9. The third-order valence-corrected chi connectivity index (χ3v) is 14.0. The van der Waals surface area contributed by atoms with E-state index in [-0.39, 0.29) is 6.04 Å². The lowest BCUT2D eigenvalue weighted by molar-refractivity contribution is 0.835. The van der Waals surface area contributed by atoms with Gasteiger partial charge < -0.3 is 9.88 Å². The molecule has 1 unspecified atom stereocenters. The highest BCUT2D eigenvalue weighted by atomic mass is 32.2. The van der Waals surface area contributed by atoms with E-state index in [0.29, 0.717) is 0 Å². The molecule has 0 fully saturated rings. The summed E-state index contributed by atoms with van der Waals surface area (Å²) in [5.74, 6) is 0.816. The van der Waals surface area contributed by atoms with Gasteiger partial charge in [0.1, 0.15) is 0 Å². The maximum Gasteiger partial charge on any atom is 0.209 e. The van der Waals surface area contributed by atoms with Gasteiger partial charge in [0.15, 0.2) is 0 Å². The van der Waals surface area contributed by atoms with E-state index < -0.39 is 0 Å². The Morgan fingerprint density at radius 2 is 0.968 bits per heavy atom. The van der Waals surface area contributed by atoms with Crippen molar-refractivity contribution in [2.24, 2.45) is 4.99 Å². The quantitative estimate of drug-likeness (QED) is 0.188. The first-order valence-electron chi connectivity index (χ1n) is 21.5. The maximum atomic E-state index is 5.64. The molecule has 2 aliphatic rings. The van der Waals surface area contributed by atoms with Crippen molar-refractivity contribution < 1.29 is 0 Å². The molecule has 9 aromatic carbocycles. The molecule has 0 bridgehead atoms. The van der Waals surface area contributed by atoms with Gasteiger partial charge in [-0.2, -0.15) is 0 Å². The third-order valence-electron chi connectivity index (χ3n) is 12.8. The molecule has 5 heteroatoms. The molecule has 63 heavy (non-hydrogen) atoms. The van der Waals surface area contributed by atoms with Crippen molar-refractivity contribution in [2.45, 2.75) is 6.04 Å². The summed E-state index contributed by atoms with van der Waals surface area (Å²) in [5.41, 5.74) is 13.9. The number of thioether (sulfide) groups is 1. The second kappa shape index (κ2) is 14.4. The molecule has 1 atom stereocenters. The Bertz CT molecular complexity index is 3710. The number of aliphatic imine (C=N–C) groups is 1. The molecule has 1 N–H and O–H groups in total. The van der Waals surface area contributed by atoms with Gasteiger partial charge in [-0.1, -0.05) is 182 Å². The molecule has 0 amide bonds. The molecule has 13 rings (SSSR count). The predicted molar refractivity (Wildman–Crippen MR) is 267 cm³/mol. The number of fused-ring (bicyclic) bond motifs is 9. The highest BCUT2D eigenvalue weighted by Crippen LogP contribution is 2.48. The number of nitrogens with zero attached hydrogens (tertiary/aromatic N) is 3. The second-order valence-electron chi connectivity index (χ2n) is 16.4. The van der Waals surface area contributed by atoms with Crippen LogP contribution in [0.2, 0.25) is 0 Å². The SMILES string of the molecule is C1=C(c2ccccc2)SC2=C(c3ccc(-c4ccccc4)cc3)N=C(n3c4ccc(-c5ccc6c(c5)c5ccccc5n6-c5ccccc5)cc4c4ccc5ccccc5c43)NC12. The molecule has 2 aliphatic heterocycles. The zero-order valence-corrected chi connectivity index (χ0v) is 34.9. The topological polar surface area (TPSA) is 34.2 Å². The van der Waals surface area contributed by atoms with Crippen molar-refractivity contribution in [3.63, 3.8) is 0 Å². The number of para-hydroxylation sites is 2. The fraction of sp³-hybridized carbons (Fsp3) is 0.0172. The van der Waals surface area contributed by atoms with Gasteiger partial charge >= 0.3 is 0 Å². The number of nitrogens with one attached hydrogen (secondary N) is 1. The van der Waals surface area contributed by atoms with Crippen molar-refractivity contribution in [3.8, 4) is 27.9 Å². The third kappa shape index (κ3) is 5.81. The van der Waals surface area contributed by atoms with Gasteiger partial charge in [-0.05, 0) is 81.7 Å². The average molecular weight is 823 g/mol. The molecule has 4 heterocycles. The van der Waals surface area contributed by atoms with Crippen LogP contribution in [-0.4, -0.2) is 21.1 Å². The summed E-state index contributed by atoms with van der Waals surface area (Å²) in [6.07, 6.45) is 2.37. The van der Waals surface area contributed by atoms with E-state index in [0.717, 1.165) is 33.9 Å². The summed E-state index contributed by atoms with van der Waals surface area (Å²) in [7, 11) is 0. The standard InChI is InChI=1S/C58H38N4S/c1-4-14-37(15-5-1)38-24-26-41(27-25-38)55-57-50(36-54(63-57)40-17-6-2-7-18-40)59-58(60-55)62-53-33-30-43(35-49(53)47-31-28-39-16-10-11-21-45(39)56(47)62)42-29-32-52-48(34-42)46-22-12-13-23-51(46)61(52)44-19-8-3-9-20-44/h1-36,50H,(H,59,60). The first-order chi connectivity index (χ1) is 31.2. The fourth-order valence-electron chi connectivity index (χ4n) is 9.80. The van der Waals surface area contributed by atoms with Crippen LogP contribution in [0.4, 0.5) is 0 Å². The van der Waals surface area contributed by atoms with E-state index in [4.69, 9.17) is 4.99 Å². The van der Waals surface area contributed by atoms with Gasteiger partial charge in [0, 0.05) is 48.0 Å². The molecule has 0 radical (unpaired) electrons. The molecular weight excluding hydrogens is 785 g/mol. The molecule has 4 nitrogen and oxygen atoms in total. The van der Waals surface area contributed by atoms with Gasteiger partial charge in [-0.25, -0.2) is 4.99 Å². The average Bonchev–Trinajstić information content (AvgIpc) is 4.05. The van der Waals surface area contributed by atoms with E-state index in [2.05, 4.69) is 233 Å². The predicted octanol–water partition coefficient (Wildman–Crippen LogP) is 14.7. The van der Waals surface area contributed by atoms with Crippen LogP contribution >= 0.6 is 11.8 Å². The number of aromatic nitrogens is 2. The van der Waals surface area contributed by atoms with E-state index in [1.807, 2.05) is 11.8 Å². The highest BCUT2D eigenvalue weighted by molar-refractivity contribution is 8.12. The van der Waals surface area contributed by atoms with Crippen molar-refractivity contribution in [1.82, 2.24) is 14.5 Å². The lowest BCUT2D eigenvalue weighted by atomic mass is 10.00. The summed E-state index contributed by atoms with van der Waals surface area (Å²) < 4.78 is 4.75. The molecule has 2 aromatic heterocycles. The van der Waals surface area contributed by atoms with E-state index in [1.54, 1.807) is 0 Å². The number of benzene rings is 9. The van der Waals surface area contributed by atoms with Gasteiger partial charge in [0.25, 0.3) is 0 Å². The van der Waals surface area contributed by atoms with Crippen LogP contribution in [0.15, 0.2) is 228 Å². The lowest BCUT2D eigenvalue weighted by Crippen LogP contribution is -2.40. The molecule has 0 saturated carbocycles. The van der Waals surface area contributed by atoms with Crippen molar-refractivity contribution in [1.29, 1.82) is 0 Å². The molecule has 0 aliphatic carbocycles. The monoisotopic (exact) mass is 822 g/mol. The normalized spacial score (nSPS) is 15.0. The van der Waals surface area contributed by atoms with E-state index >= 15 is 0 Å². The van der Waals surface area contributed by atoms with Crippen LogP contribution < -0.4 is 5.32 Å². The van der Waals surface area contributed by atoms with E-state index in [9.17, 15) is 0 Å². The Morgan fingerprint density at radius 3 is 1.71 bits per heavy atom. The van der Waals surface area contributed by atoms with Crippen LogP contribution in [0.5, 0.6) is 0 Å². The summed E-state index contributed by atoms with van der Waals surface area (Å²) >= 11 is 1.82. The summed E-state index contributed by atoms with van der Waals surface area (Å²) in [5, 5.41) is 11.2. The van der Waals surface area contributed by atoms with Gasteiger partial charge in [0.2, 0.25) is 5.96 Å². The Kier molecular flexibility index (Phi) is 8.18. The van der Waals surface area contributed by atoms with Crippen LogP contribution in [0.3, 0.4) is 0 Å². The Labute approximate surface area is 368 Å². The Balaban J connectivity index is 0.998. The van der Waals surface area contributed by atoms with Gasteiger partial charge in [-0.3, -0.25) is 4.57 Å². The van der Waals surface area contributed by atoms with Crippen LogP contribution in [0, 0.1) is 0 Å². The maximum absolute atomic E-state index is 5.64. The van der Waals surface area contributed by atoms with Crippen molar-refractivity contribution in [2.75, 3.05) is 0 Å². The largest absolute Gasteiger partial charge is 0.344 e. The first-order valence-corrected chi connectivity index (χ1v) is 22.3. The number of hydrogen-bond donors (Lipinski definition) is 1. The fourth-order valence-corrected chi connectivity index (χ4v) is 11.0. The minimum absolute atomic E-state index is 0.0481. The highest BCUT2D eigenvalue weighted by Gasteiger charge is 2.33. The van der Waals surface area contributed by atoms with Gasteiger partial charge in [-0.15, -0.1) is 0 Å². The second-order valence-corrected chi connectivity index (χ2v) is 17.5. The number of rotatable bonds is 5. The van der Waals surface area contributed by atoms with Crippen molar-refractivity contribution in [3.05, 3.63) is 234 Å². The smallest absolute Gasteiger partial charge is 0.209 e. The molecule has 0 spiro atoms. The van der Waals surface area contributed by atoms with Crippen LogP contribution in [0.1, 0.15) is 11.1 Å². The Hall–Kier alpha value is -7.86. The summed E-state index contributed by atoms with van der Waals surface area (Å²) in [6, 6.07) is 76.7. The number of hydrogen-bond acceptors (Lipinski definition) is 3. The minimum Gasteiger partial charge on any atom is -0.344 e. The Morgan fingerprint density at radius 1 is 0.413 bits per heavy atom. The van der Waals surface area contributed by atoms with Crippen LogP contribution in [0.25, 0.3) is 92.9 Å². The molecule has 11 aromatic rings. The lowest BCUT2D eigenvalue weighted by Gasteiger charge is -2.25. The molecule has 0 saturated heterocycles. The zero-order chi connectivity index (χ0) is 41.4. The minimum atomic E-state index is -0.0481. The zero-order valence-electron chi connectivity index (χ0n) is 34.1. The van der Waals surface area contributed by atoms with E-state index in [1.165, 1.54) is 81.0 Å².